The zero-order valence-corrected chi connectivity index (χ0v) is 12.9. The lowest BCUT2D eigenvalue weighted by atomic mass is 10.1. The Balaban J connectivity index is 2.27. The molecule has 0 aliphatic rings. The Kier molecular flexibility index (Phi) is 4.98. The van der Waals surface area contributed by atoms with Gasteiger partial charge < -0.3 is 11.1 Å². The summed E-state index contributed by atoms with van der Waals surface area (Å²) in [6, 6.07) is 5.62. The summed E-state index contributed by atoms with van der Waals surface area (Å²) >= 11 is 6.07. The van der Waals surface area contributed by atoms with Gasteiger partial charge in [0.2, 0.25) is 0 Å². The molecule has 3 N–H and O–H groups in total. The molecule has 0 aliphatic heterocycles. The fraction of sp³-hybridized carbons (Fsp3) is 0.333. The van der Waals surface area contributed by atoms with Crippen molar-refractivity contribution in [1.29, 1.82) is 0 Å². The number of hydrogen-bond donors (Lipinski definition) is 2. The highest BCUT2D eigenvalue weighted by molar-refractivity contribution is 6.30. The van der Waals surface area contributed by atoms with Gasteiger partial charge in [0.15, 0.2) is 0 Å². The highest BCUT2D eigenvalue weighted by Crippen LogP contribution is 2.20. The van der Waals surface area contributed by atoms with E-state index in [0.717, 1.165) is 17.8 Å². The highest BCUT2D eigenvalue weighted by atomic mass is 35.5. The minimum atomic E-state index is -0.497. The smallest absolute Gasteiger partial charge is 0.251 e. The Labute approximate surface area is 129 Å². The Morgan fingerprint density at radius 2 is 2.24 bits per heavy atom. The van der Waals surface area contributed by atoms with E-state index in [1.54, 1.807) is 10.9 Å². The van der Waals surface area contributed by atoms with Gasteiger partial charge in [0.25, 0.3) is 5.91 Å². The number of carbonyl (C=O) groups is 1. The molecule has 0 spiro atoms. The van der Waals surface area contributed by atoms with Gasteiger partial charge in [-0.15, -0.1) is 0 Å². The molecule has 0 aliphatic carbocycles. The SMILES string of the molecule is CC(C)CNCc1ccc(Cl)cc1-n1cc(C(N)=O)cn1. The lowest BCUT2D eigenvalue weighted by molar-refractivity contribution is 0.100. The Morgan fingerprint density at radius 3 is 2.86 bits per heavy atom. The molecule has 0 bridgehead atoms. The number of nitrogens with one attached hydrogen (secondary N) is 1. The average Bonchev–Trinajstić information content (AvgIpc) is 2.89. The maximum atomic E-state index is 11.2. The highest BCUT2D eigenvalue weighted by Gasteiger charge is 2.10. The predicted molar refractivity (Wildman–Crippen MR) is 83.6 cm³/mol. The first-order chi connectivity index (χ1) is 9.97. The van der Waals surface area contributed by atoms with Gasteiger partial charge in [-0.25, -0.2) is 4.68 Å². The first-order valence-corrected chi connectivity index (χ1v) is 7.19. The monoisotopic (exact) mass is 306 g/mol. The molecule has 6 heteroatoms. The van der Waals surface area contributed by atoms with Gasteiger partial charge in [-0.2, -0.15) is 5.10 Å². The summed E-state index contributed by atoms with van der Waals surface area (Å²) in [6.45, 7) is 5.94. The number of aromatic nitrogens is 2. The Hall–Kier alpha value is -1.85. The van der Waals surface area contributed by atoms with Crippen molar-refractivity contribution < 1.29 is 4.79 Å². The minimum absolute atomic E-state index is 0.371. The van der Waals surface area contributed by atoms with Crippen molar-refractivity contribution in [2.75, 3.05) is 6.54 Å². The van der Waals surface area contributed by atoms with Gasteiger partial charge in [0.05, 0.1) is 17.4 Å². The van der Waals surface area contributed by atoms with Gasteiger partial charge in [-0.3, -0.25) is 4.79 Å². The van der Waals surface area contributed by atoms with Crippen LogP contribution in [0.4, 0.5) is 0 Å². The summed E-state index contributed by atoms with van der Waals surface area (Å²) in [4.78, 5) is 11.2. The molecule has 112 valence electrons. The summed E-state index contributed by atoms with van der Waals surface area (Å²) in [5.41, 5.74) is 7.52. The fourth-order valence-corrected chi connectivity index (χ4v) is 2.14. The summed E-state index contributed by atoms with van der Waals surface area (Å²) in [6.07, 6.45) is 3.06. The van der Waals surface area contributed by atoms with Crippen LogP contribution in [0.3, 0.4) is 0 Å². The maximum absolute atomic E-state index is 11.2. The van der Waals surface area contributed by atoms with Crippen LogP contribution in [0, 0.1) is 5.92 Å². The Bertz CT molecular complexity index is 636. The average molecular weight is 307 g/mol. The van der Waals surface area contributed by atoms with E-state index in [0.29, 0.717) is 23.0 Å². The van der Waals surface area contributed by atoms with Gasteiger partial charge in [0, 0.05) is 17.8 Å². The van der Waals surface area contributed by atoms with E-state index in [2.05, 4.69) is 24.3 Å². The molecule has 0 atom stereocenters. The second-order valence-corrected chi connectivity index (χ2v) is 5.77. The van der Waals surface area contributed by atoms with Crippen LogP contribution in [0.2, 0.25) is 5.02 Å². The third-order valence-corrected chi connectivity index (χ3v) is 3.26. The normalized spacial score (nSPS) is 11.0. The topological polar surface area (TPSA) is 72.9 Å². The van der Waals surface area contributed by atoms with Crippen molar-refractivity contribution in [2.24, 2.45) is 11.7 Å². The van der Waals surface area contributed by atoms with E-state index in [1.165, 1.54) is 6.20 Å². The molecule has 1 aromatic heterocycles. The maximum Gasteiger partial charge on any atom is 0.251 e. The lowest BCUT2D eigenvalue weighted by Gasteiger charge is -2.12. The lowest BCUT2D eigenvalue weighted by Crippen LogP contribution is -2.20. The number of benzene rings is 1. The molecule has 0 radical (unpaired) electrons. The quantitative estimate of drug-likeness (QED) is 0.860. The van der Waals surface area contributed by atoms with Gasteiger partial charge in [0.1, 0.15) is 0 Å². The number of nitrogens with two attached hydrogens (primary N) is 1. The largest absolute Gasteiger partial charge is 0.366 e. The molecule has 0 fully saturated rings. The third-order valence-electron chi connectivity index (χ3n) is 3.03. The summed E-state index contributed by atoms with van der Waals surface area (Å²) in [7, 11) is 0. The molecule has 5 nitrogen and oxygen atoms in total. The molecule has 1 aromatic carbocycles. The van der Waals surface area contributed by atoms with Crippen LogP contribution in [-0.4, -0.2) is 22.2 Å². The van der Waals surface area contributed by atoms with Crippen molar-refractivity contribution in [3.63, 3.8) is 0 Å². The van der Waals surface area contributed by atoms with Crippen LogP contribution in [-0.2, 0) is 6.54 Å². The predicted octanol–water partition coefficient (Wildman–Crippen LogP) is 2.37. The number of rotatable bonds is 6. The van der Waals surface area contributed by atoms with E-state index >= 15 is 0 Å². The second-order valence-electron chi connectivity index (χ2n) is 5.34. The first kappa shape index (κ1) is 15.5. The number of primary amides is 1. The van der Waals surface area contributed by atoms with Crippen molar-refractivity contribution in [1.82, 2.24) is 15.1 Å². The van der Waals surface area contributed by atoms with Crippen LogP contribution in [0.5, 0.6) is 0 Å². The van der Waals surface area contributed by atoms with Crippen LogP contribution in [0.15, 0.2) is 30.6 Å². The minimum Gasteiger partial charge on any atom is -0.366 e. The standard InChI is InChI=1S/C15H19ClN4O/c1-10(2)6-18-7-11-3-4-13(16)5-14(11)20-9-12(8-19-20)15(17)21/h3-5,8-10,18H,6-7H2,1-2H3,(H2,17,21). The molecule has 0 saturated carbocycles. The van der Waals surface area contributed by atoms with Crippen molar-refractivity contribution >= 4 is 17.5 Å². The number of hydrogen-bond acceptors (Lipinski definition) is 3. The molecule has 2 aromatic rings. The Morgan fingerprint density at radius 1 is 1.48 bits per heavy atom. The van der Waals surface area contributed by atoms with E-state index in [-0.39, 0.29) is 0 Å². The van der Waals surface area contributed by atoms with E-state index in [1.807, 2.05) is 18.2 Å². The fourth-order valence-electron chi connectivity index (χ4n) is 1.98. The van der Waals surface area contributed by atoms with E-state index in [4.69, 9.17) is 17.3 Å². The van der Waals surface area contributed by atoms with E-state index < -0.39 is 5.91 Å². The van der Waals surface area contributed by atoms with Crippen molar-refractivity contribution in [3.05, 3.63) is 46.7 Å². The third kappa shape index (κ3) is 4.06. The van der Waals surface area contributed by atoms with E-state index in [9.17, 15) is 4.79 Å². The molecule has 2 rings (SSSR count). The second kappa shape index (κ2) is 6.74. The van der Waals surface area contributed by atoms with Crippen molar-refractivity contribution in [2.45, 2.75) is 20.4 Å². The molecule has 0 saturated heterocycles. The molecule has 1 amide bonds. The number of amides is 1. The zero-order valence-electron chi connectivity index (χ0n) is 12.1. The van der Waals surface area contributed by atoms with Crippen molar-refractivity contribution in [3.8, 4) is 5.69 Å². The molecule has 21 heavy (non-hydrogen) atoms. The molecular weight excluding hydrogens is 288 g/mol. The summed E-state index contributed by atoms with van der Waals surface area (Å²) in [5, 5.41) is 8.19. The summed E-state index contributed by atoms with van der Waals surface area (Å²) in [5.74, 6) is 0.0784. The van der Waals surface area contributed by atoms with Crippen LogP contribution < -0.4 is 11.1 Å². The first-order valence-electron chi connectivity index (χ1n) is 6.81. The zero-order chi connectivity index (χ0) is 15.4. The summed E-state index contributed by atoms with van der Waals surface area (Å²) < 4.78 is 1.62. The van der Waals surface area contributed by atoms with Gasteiger partial charge in [-0.1, -0.05) is 31.5 Å². The van der Waals surface area contributed by atoms with Crippen LogP contribution >= 0.6 is 11.6 Å². The van der Waals surface area contributed by atoms with Gasteiger partial charge in [-0.05, 0) is 30.2 Å². The van der Waals surface area contributed by atoms with Gasteiger partial charge >= 0.3 is 0 Å². The van der Waals surface area contributed by atoms with Crippen LogP contribution in [0.1, 0.15) is 29.8 Å². The molecule has 0 unspecified atom stereocenters. The number of nitrogens with zero attached hydrogens (tertiary/aromatic N) is 2. The van der Waals surface area contributed by atoms with Crippen LogP contribution in [0.25, 0.3) is 5.69 Å². The molecule has 1 heterocycles. The number of halogens is 1. The number of carbonyl (C=O) groups excluding carboxylic acids is 1. The molecular formula is C15H19ClN4O.